The predicted molar refractivity (Wildman–Crippen MR) is 94.3 cm³/mol. The quantitative estimate of drug-likeness (QED) is 0.359. The van der Waals surface area contributed by atoms with Gasteiger partial charge in [-0.2, -0.15) is 0 Å². The van der Waals surface area contributed by atoms with Crippen molar-refractivity contribution < 1.29 is 0 Å². The Morgan fingerprint density at radius 2 is 1.27 bits per heavy atom. The molecule has 4 aromatic rings. The molecule has 0 aromatic heterocycles. The van der Waals surface area contributed by atoms with Crippen LogP contribution in [-0.2, 0) is 12.8 Å². The Kier molecular flexibility index (Phi) is 2.42. The van der Waals surface area contributed by atoms with Crippen LogP contribution in [0.5, 0.6) is 0 Å². The molecule has 0 bridgehead atoms. The minimum atomic E-state index is 1.15. The van der Waals surface area contributed by atoms with E-state index in [2.05, 4.69) is 72.8 Å². The number of benzene rings is 4. The van der Waals surface area contributed by atoms with Gasteiger partial charge in [-0.25, -0.2) is 0 Å². The van der Waals surface area contributed by atoms with E-state index in [0.29, 0.717) is 0 Å². The monoisotopic (exact) mass is 280 g/mol. The molecule has 5 rings (SSSR count). The Hall–Kier alpha value is -2.60. The predicted octanol–water partition coefficient (Wildman–Crippen LogP) is 5.76. The van der Waals surface area contributed by atoms with Crippen LogP contribution in [0.25, 0.3) is 32.7 Å². The van der Waals surface area contributed by atoms with Gasteiger partial charge in [0.05, 0.1) is 0 Å². The third kappa shape index (κ3) is 1.64. The maximum atomic E-state index is 2.41. The van der Waals surface area contributed by atoms with E-state index in [1.807, 2.05) is 0 Å². The lowest BCUT2D eigenvalue weighted by Gasteiger charge is -2.21. The highest BCUT2D eigenvalue weighted by Gasteiger charge is 2.16. The molecule has 0 unspecified atom stereocenters. The third-order valence-electron chi connectivity index (χ3n) is 4.94. The molecule has 0 radical (unpaired) electrons. The van der Waals surface area contributed by atoms with E-state index in [9.17, 15) is 0 Å². The first-order chi connectivity index (χ1) is 10.9. The van der Waals surface area contributed by atoms with E-state index in [1.54, 1.807) is 0 Å². The fourth-order valence-corrected chi connectivity index (χ4v) is 3.83. The highest BCUT2D eigenvalue weighted by atomic mass is 14.2. The average Bonchev–Trinajstić information content (AvgIpc) is 2.60. The number of aryl methyl sites for hydroxylation is 2. The number of hydrogen-bond donors (Lipinski definition) is 0. The lowest BCUT2D eigenvalue weighted by atomic mass is 9.83. The summed E-state index contributed by atoms with van der Waals surface area (Å²) in [4.78, 5) is 0. The molecule has 0 saturated heterocycles. The van der Waals surface area contributed by atoms with E-state index < -0.39 is 0 Å². The Morgan fingerprint density at radius 1 is 0.500 bits per heavy atom. The first-order valence-electron chi connectivity index (χ1n) is 7.93. The largest absolute Gasteiger partial charge is 0.0620 e. The van der Waals surface area contributed by atoms with Crippen LogP contribution >= 0.6 is 0 Å². The summed E-state index contributed by atoms with van der Waals surface area (Å²) in [6.45, 7) is 0. The van der Waals surface area contributed by atoms with E-state index in [-0.39, 0.29) is 0 Å². The van der Waals surface area contributed by atoms with Gasteiger partial charge in [0, 0.05) is 0 Å². The molecule has 104 valence electrons. The lowest BCUT2D eigenvalue weighted by Crippen LogP contribution is -2.03. The minimum absolute atomic E-state index is 1.15. The summed E-state index contributed by atoms with van der Waals surface area (Å²) in [5, 5.41) is 5.40. The molecule has 1 aliphatic rings. The Balaban J connectivity index is 1.91. The summed E-state index contributed by atoms with van der Waals surface area (Å²) in [5.74, 6) is 0. The topological polar surface area (TPSA) is 0 Å². The highest BCUT2D eigenvalue weighted by Crippen LogP contribution is 2.37. The maximum Gasteiger partial charge on any atom is -0.00990 e. The molecule has 0 atom stereocenters. The standard InChI is InChI=1S/C22H16/c1-3-7-19-15(5-1)9-11-17-13-18-12-10-16-6-2-4-8-20(16)22(18)14-21(17)19/h1-9,11,13-14H,10,12H2. The first-order valence-corrected chi connectivity index (χ1v) is 7.93. The highest BCUT2D eigenvalue weighted by molar-refractivity contribution is 6.09. The summed E-state index contributed by atoms with van der Waals surface area (Å²) in [7, 11) is 0. The maximum absolute atomic E-state index is 2.41. The molecule has 0 amide bonds. The van der Waals surface area contributed by atoms with Crippen molar-refractivity contribution in [2.24, 2.45) is 0 Å². The van der Waals surface area contributed by atoms with Gasteiger partial charge >= 0.3 is 0 Å². The summed E-state index contributed by atoms with van der Waals surface area (Å²) in [6.07, 6.45) is 2.30. The fraction of sp³-hybridized carbons (Fsp3) is 0.0909. The molecule has 0 fully saturated rings. The molecule has 1 aliphatic carbocycles. The summed E-state index contributed by atoms with van der Waals surface area (Å²) in [6, 6.07) is 26.8. The van der Waals surface area contributed by atoms with Crippen molar-refractivity contribution >= 4 is 21.5 Å². The van der Waals surface area contributed by atoms with Crippen molar-refractivity contribution in [2.45, 2.75) is 12.8 Å². The van der Waals surface area contributed by atoms with Gasteiger partial charge in [0.15, 0.2) is 0 Å². The van der Waals surface area contributed by atoms with Crippen molar-refractivity contribution in [1.82, 2.24) is 0 Å². The van der Waals surface area contributed by atoms with Crippen LogP contribution in [0.1, 0.15) is 11.1 Å². The Labute approximate surface area is 130 Å². The van der Waals surface area contributed by atoms with Crippen molar-refractivity contribution in [3.63, 3.8) is 0 Å². The van der Waals surface area contributed by atoms with Crippen LogP contribution < -0.4 is 0 Å². The average molecular weight is 280 g/mol. The van der Waals surface area contributed by atoms with Gasteiger partial charge in [-0.1, -0.05) is 66.7 Å². The number of hydrogen-bond acceptors (Lipinski definition) is 0. The number of rotatable bonds is 0. The van der Waals surface area contributed by atoms with Crippen molar-refractivity contribution in [2.75, 3.05) is 0 Å². The molecular formula is C22H16. The van der Waals surface area contributed by atoms with Gasteiger partial charge in [0.1, 0.15) is 0 Å². The molecule has 0 aliphatic heterocycles. The van der Waals surface area contributed by atoms with Gasteiger partial charge < -0.3 is 0 Å². The molecule has 0 heteroatoms. The van der Waals surface area contributed by atoms with Crippen LogP contribution in [0, 0.1) is 0 Å². The molecule has 0 nitrogen and oxygen atoms in total. The zero-order valence-corrected chi connectivity index (χ0v) is 12.3. The zero-order valence-electron chi connectivity index (χ0n) is 12.3. The van der Waals surface area contributed by atoms with Crippen molar-refractivity contribution in [3.05, 3.63) is 83.9 Å². The van der Waals surface area contributed by atoms with Crippen LogP contribution in [0.15, 0.2) is 72.8 Å². The van der Waals surface area contributed by atoms with Crippen LogP contribution in [-0.4, -0.2) is 0 Å². The van der Waals surface area contributed by atoms with E-state index in [0.717, 1.165) is 12.8 Å². The smallest absolute Gasteiger partial charge is 0.00990 e. The van der Waals surface area contributed by atoms with E-state index >= 15 is 0 Å². The minimum Gasteiger partial charge on any atom is -0.0620 e. The van der Waals surface area contributed by atoms with E-state index in [1.165, 1.54) is 43.8 Å². The summed E-state index contributed by atoms with van der Waals surface area (Å²) >= 11 is 0. The fourth-order valence-electron chi connectivity index (χ4n) is 3.83. The Morgan fingerprint density at radius 3 is 2.27 bits per heavy atom. The van der Waals surface area contributed by atoms with Crippen molar-refractivity contribution in [1.29, 1.82) is 0 Å². The first kappa shape index (κ1) is 12.0. The molecule has 4 aromatic carbocycles. The van der Waals surface area contributed by atoms with Crippen molar-refractivity contribution in [3.8, 4) is 11.1 Å². The number of fused-ring (bicyclic) bond motifs is 6. The van der Waals surface area contributed by atoms with Crippen LogP contribution in [0.3, 0.4) is 0 Å². The van der Waals surface area contributed by atoms with Gasteiger partial charge in [-0.15, -0.1) is 0 Å². The lowest BCUT2D eigenvalue weighted by molar-refractivity contribution is 0.944. The molecule has 0 spiro atoms. The van der Waals surface area contributed by atoms with Gasteiger partial charge in [0.2, 0.25) is 0 Å². The van der Waals surface area contributed by atoms with Gasteiger partial charge in [-0.05, 0) is 62.7 Å². The van der Waals surface area contributed by atoms with E-state index in [4.69, 9.17) is 0 Å². The molecule has 22 heavy (non-hydrogen) atoms. The third-order valence-corrected chi connectivity index (χ3v) is 4.94. The second kappa shape index (κ2) is 4.45. The van der Waals surface area contributed by atoms with Crippen LogP contribution in [0.2, 0.25) is 0 Å². The van der Waals surface area contributed by atoms with Gasteiger partial charge in [0.25, 0.3) is 0 Å². The summed E-state index contributed by atoms with van der Waals surface area (Å²) in [5.41, 5.74) is 5.81. The molecular weight excluding hydrogens is 264 g/mol. The Bertz CT molecular complexity index is 1020. The second-order valence-electron chi connectivity index (χ2n) is 6.17. The van der Waals surface area contributed by atoms with Gasteiger partial charge in [-0.3, -0.25) is 0 Å². The molecule has 0 saturated carbocycles. The molecule has 0 N–H and O–H groups in total. The zero-order chi connectivity index (χ0) is 14.5. The normalized spacial score (nSPS) is 13.1. The second-order valence-corrected chi connectivity index (χ2v) is 6.17. The summed E-state index contributed by atoms with van der Waals surface area (Å²) < 4.78 is 0. The van der Waals surface area contributed by atoms with Crippen LogP contribution in [0.4, 0.5) is 0 Å². The molecule has 0 heterocycles. The SMILES string of the molecule is c1ccc2c(c1)CCc1cc3ccc4ccccc4c3cc1-2.